The van der Waals surface area contributed by atoms with E-state index in [2.05, 4.69) is 266 Å². The predicted molar refractivity (Wildman–Crippen MR) is 302 cm³/mol. The Morgan fingerprint density at radius 3 is 1.57 bits per heavy atom. The van der Waals surface area contributed by atoms with Gasteiger partial charge >= 0.3 is 0 Å². The van der Waals surface area contributed by atoms with Gasteiger partial charge in [-0.2, -0.15) is 0 Å². The Kier molecular flexibility index (Phi) is 9.56. The Morgan fingerprint density at radius 2 is 0.847 bits per heavy atom. The Labute approximate surface area is 419 Å². The third-order valence-corrected chi connectivity index (χ3v) is 15.2. The lowest BCUT2D eigenvalue weighted by molar-refractivity contribution is 0.661. The molecule has 0 spiro atoms. The smallest absolute Gasteiger partial charge is 0.143 e. The van der Waals surface area contributed by atoms with Gasteiger partial charge in [0.05, 0.1) is 11.0 Å². The molecule has 2 heterocycles. The fraction of sp³-hybridized carbons (Fsp3) is 0.0435. The van der Waals surface area contributed by atoms with E-state index in [1.54, 1.807) is 0 Å². The molecule has 0 fully saturated rings. The first-order chi connectivity index (χ1) is 35.4. The van der Waals surface area contributed by atoms with E-state index in [0.29, 0.717) is 0 Å². The summed E-state index contributed by atoms with van der Waals surface area (Å²) in [6.45, 7) is 4.74. The number of para-hydroxylation sites is 2. The normalized spacial score (nSPS) is 12.7. The van der Waals surface area contributed by atoms with Crippen molar-refractivity contribution in [1.82, 2.24) is 4.57 Å². The first-order valence-corrected chi connectivity index (χ1v) is 24.9. The molecular weight excluding hydrogens is 873 g/mol. The molecule has 1 aliphatic rings. The molecule has 13 aromatic rings. The van der Waals surface area contributed by atoms with E-state index in [0.717, 1.165) is 61.4 Å². The largest absolute Gasteiger partial charge is 0.455 e. The summed E-state index contributed by atoms with van der Waals surface area (Å²) in [4.78, 5) is 2.35. The minimum Gasteiger partial charge on any atom is -0.455 e. The summed E-state index contributed by atoms with van der Waals surface area (Å²) in [5.74, 6) is 0. The van der Waals surface area contributed by atoms with Crippen molar-refractivity contribution in [2.45, 2.75) is 19.3 Å². The molecule has 14 rings (SSSR count). The zero-order valence-electron chi connectivity index (χ0n) is 40.1. The fourth-order valence-corrected chi connectivity index (χ4v) is 11.6. The standard InChI is InChI=1S/C69H48N2O/c1-69(2)63-25-11-9-21-57(63)60-43-62-61-42-51(33-40-65(61)71(66(62)44-64(60)69)55-20-13-19-50(41-55)46-17-7-4-8-18-46)48-29-36-53(37-30-48)70(52-34-27-47(28-35-52)45-15-5-3-6-16-45)54-38-31-49(32-39-54)56-23-14-24-59-58-22-10-12-26-67(58)72-68(56)59/h3-44H,1-2H3. The Hall–Kier alpha value is -9.18. The van der Waals surface area contributed by atoms with Gasteiger partial charge in [0, 0.05) is 55.3 Å². The monoisotopic (exact) mass is 920 g/mol. The lowest BCUT2D eigenvalue weighted by Crippen LogP contribution is -2.14. The number of fused-ring (bicyclic) bond motifs is 9. The van der Waals surface area contributed by atoms with Crippen LogP contribution in [0.25, 0.3) is 105 Å². The van der Waals surface area contributed by atoms with Crippen LogP contribution >= 0.6 is 0 Å². The number of hydrogen-bond donors (Lipinski definition) is 0. The van der Waals surface area contributed by atoms with E-state index in [1.165, 1.54) is 71.9 Å². The van der Waals surface area contributed by atoms with Crippen molar-refractivity contribution < 1.29 is 4.42 Å². The molecular formula is C69H48N2O. The van der Waals surface area contributed by atoms with E-state index in [-0.39, 0.29) is 5.41 Å². The molecule has 72 heavy (non-hydrogen) atoms. The molecule has 0 amide bonds. The zero-order chi connectivity index (χ0) is 47.9. The van der Waals surface area contributed by atoms with Crippen LogP contribution in [0.3, 0.4) is 0 Å². The summed E-state index contributed by atoms with van der Waals surface area (Å²) in [6.07, 6.45) is 0. The molecule has 0 aliphatic heterocycles. The maximum Gasteiger partial charge on any atom is 0.143 e. The van der Waals surface area contributed by atoms with Gasteiger partial charge in [0.2, 0.25) is 0 Å². The molecule has 340 valence electrons. The van der Waals surface area contributed by atoms with Gasteiger partial charge in [-0.15, -0.1) is 0 Å². The summed E-state index contributed by atoms with van der Waals surface area (Å²) >= 11 is 0. The maximum atomic E-state index is 6.46. The highest BCUT2D eigenvalue weighted by atomic mass is 16.3. The van der Waals surface area contributed by atoms with Gasteiger partial charge in [-0.3, -0.25) is 0 Å². The number of hydrogen-bond acceptors (Lipinski definition) is 2. The highest BCUT2D eigenvalue weighted by molar-refractivity contribution is 6.13. The number of rotatable bonds is 8. The number of benzene rings is 11. The molecule has 3 heteroatoms. The second-order valence-electron chi connectivity index (χ2n) is 19.7. The van der Waals surface area contributed by atoms with E-state index >= 15 is 0 Å². The highest BCUT2D eigenvalue weighted by Crippen LogP contribution is 2.51. The number of nitrogens with zero attached hydrogens (tertiary/aromatic N) is 2. The van der Waals surface area contributed by atoms with Crippen LogP contribution in [-0.2, 0) is 5.41 Å². The molecule has 11 aromatic carbocycles. The van der Waals surface area contributed by atoms with Gasteiger partial charge in [0.25, 0.3) is 0 Å². The van der Waals surface area contributed by atoms with E-state index < -0.39 is 0 Å². The van der Waals surface area contributed by atoms with Gasteiger partial charge < -0.3 is 13.9 Å². The molecule has 2 aromatic heterocycles. The SMILES string of the molecule is CC1(C)c2ccccc2-c2cc3c4cc(-c5ccc(N(c6ccc(-c7ccccc7)cc6)c6ccc(-c7cccc8c7oc7ccccc78)cc6)cc5)ccc4n(-c4cccc(-c5ccccc5)c4)c3cc21. The van der Waals surface area contributed by atoms with Gasteiger partial charge in [-0.25, -0.2) is 0 Å². The molecule has 0 bridgehead atoms. The average molecular weight is 921 g/mol. The summed E-state index contributed by atoms with van der Waals surface area (Å²) in [5, 5.41) is 4.75. The maximum absolute atomic E-state index is 6.46. The molecule has 0 unspecified atom stereocenters. The third kappa shape index (κ3) is 6.73. The van der Waals surface area contributed by atoms with Crippen LogP contribution in [0.5, 0.6) is 0 Å². The van der Waals surface area contributed by atoms with E-state index in [4.69, 9.17) is 4.42 Å². The van der Waals surface area contributed by atoms with Crippen molar-refractivity contribution in [2.75, 3.05) is 4.90 Å². The molecule has 0 radical (unpaired) electrons. The third-order valence-electron chi connectivity index (χ3n) is 15.2. The molecule has 0 saturated heterocycles. The summed E-state index contributed by atoms with van der Waals surface area (Å²) in [7, 11) is 0. The van der Waals surface area contributed by atoms with Crippen LogP contribution in [0.4, 0.5) is 17.1 Å². The lowest BCUT2D eigenvalue weighted by atomic mass is 9.82. The Bertz CT molecular complexity index is 4200. The Morgan fingerprint density at radius 1 is 0.333 bits per heavy atom. The van der Waals surface area contributed by atoms with Crippen LogP contribution in [0.1, 0.15) is 25.0 Å². The highest BCUT2D eigenvalue weighted by Gasteiger charge is 2.36. The van der Waals surface area contributed by atoms with Crippen molar-refractivity contribution in [1.29, 1.82) is 0 Å². The van der Waals surface area contributed by atoms with Crippen LogP contribution < -0.4 is 4.90 Å². The lowest BCUT2D eigenvalue weighted by Gasteiger charge is -2.26. The van der Waals surface area contributed by atoms with E-state index in [9.17, 15) is 0 Å². The minimum absolute atomic E-state index is 0.121. The summed E-state index contributed by atoms with van der Waals surface area (Å²) < 4.78 is 8.94. The number of furan rings is 1. The van der Waals surface area contributed by atoms with Crippen molar-refractivity contribution in [3.05, 3.63) is 266 Å². The van der Waals surface area contributed by atoms with Crippen molar-refractivity contribution >= 4 is 60.8 Å². The van der Waals surface area contributed by atoms with Gasteiger partial charge in [0.1, 0.15) is 11.2 Å². The molecule has 0 N–H and O–H groups in total. The van der Waals surface area contributed by atoms with Crippen LogP contribution in [-0.4, -0.2) is 4.57 Å². The second kappa shape index (κ2) is 16.5. The van der Waals surface area contributed by atoms with E-state index in [1.807, 2.05) is 12.1 Å². The van der Waals surface area contributed by atoms with Gasteiger partial charge in [-0.05, 0) is 140 Å². The summed E-state index contributed by atoms with van der Waals surface area (Å²) in [5.41, 5.74) is 23.2. The topological polar surface area (TPSA) is 21.3 Å². The zero-order valence-corrected chi connectivity index (χ0v) is 40.1. The number of aromatic nitrogens is 1. The molecule has 1 aliphatic carbocycles. The first-order valence-electron chi connectivity index (χ1n) is 24.9. The minimum atomic E-state index is -0.121. The van der Waals surface area contributed by atoms with Crippen molar-refractivity contribution in [3.8, 4) is 61.3 Å². The Balaban J connectivity index is 0.878. The average Bonchev–Trinajstić information content (AvgIpc) is 4.06. The molecule has 0 atom stereocenters. The molecule has 3 nitrogen and oxygen atoms in total. The van der Waals surface area contributed by atoms with Crippen LogP contribution in [0.15, 0.2) is 259 Å². The van der Waals surface area contributed by atoms with Gasteiger partial charge in [-0.1, -0.05) is 190 Å². The summed E-state index contributed by atoms with van der Waals surface area (Å²) in [6, 6.07) is 92.8. The van der Waals surface area contributed by atoms with Crippen LogP contribution in [0.2, 0.25) is 0 Å². The van der Waals surface area contributed by atoms with Crippen LogP contribution in [0, 0.1) is 0 Å². The van der Waals surface area contributed by atoms with Crippen molar-refractivity contribution in [3.63, 3.8) is 0 Å². The van der Waals surface area contributed by atoms with Gasteiger partial charge in [0.15, 0.2) is 0 Å². The number of anilines is 3. The quantitative estimate of drug-likeness (QED) is 0.151. The first kappa shape index (κ1) is 41.8. The van der Waals surface area contributed by atoms with Crippen molar-refractivity contribution in [2.24, 2.45) is 0 Å². The fourth-order valence-electron chi connectivity index (χ4n) is 11.6. The second-order valence-corrected chi connectivity index (χ2v) is 19.7. The molecule has 0 saturated carbocycles. The predicted octanol–water partition coefficient (Wildman–Crippen LogP) is 19.1.